The van der Waals surface area contributed by atoms with E-state index < -0.39 is 5.60 Å². The van der Waals surface area contributed by atoms with Crippen molar-refractivity contribution in [3.63, 3.8) is 0 Å². The first-order valence-corrected chi connectivity index (χ1v) is 6.84. The minimum Gasteiger partial charge on any atom is -0.389 e. The average molecular weight is 282 g/mol. The molecule has 2 heterocycles. The van der Waals surface area contributed by atoms with E-state index in [9.17, 15) is 5.11 Å². The van der Waals surface area contributed by atoms with Gasteiger partial charge in [0.15, 0.2) is 5.15 Å². The number of nitrogens with zero attached hydrogens (tertiary/aromatic N) is 2. The predicted octanol–water partition coefficient (Wildman–Crippen LogP) is 2.48. The quantitative estimate of drug-likeness (QED) is 0.885. The maximum atomic E-state index is 10.2. The minimum absolute atomic E-state index is 0.192. The van der Waals surface area contributed by atoms with Crippen LogP contribution in [0.1, 0.15) is 26.5 Å². The fourth-order valence-electron chi connectivity index (χ4n) is 1.81. The second kappa shape index (κ2) is 5.49. The predicted molar refractivity (Wildman–Crippen MR) is 77.4 cm³/mol. The van der Waals surface area contributed by atoms with E-state index in [1.165, 1.54) is 0 Å². The first-order chi connectivity index (χ1) is 8.92. The van der Waals surface area contributed by atoms with Crippen molar-refractivity contribution in [2.24, 2.45) is 5.92 Å². The van der Waals surface area contributed by atoms with Crippen LogP contribution in [0.2, 0.25) is 5.15 Å². The molecule has 1 unspecified atom stereocenters. The molecule has 2 aromatic heterocycles. The highest BCUT2D eigenvalue weighted by atomic mass is 35.5. The summed E-state index contributed by atoms with van der Waals surface area (Å²) >= 11 is 6.15. The highest BCUT2D eigenvalue weighted by Gasteiger charge is 2.24. The van der Waals surface area contributed by atoms with Gasteiger partial charge in [0.25, 0.3) is 0 Å². The minimum atomic E-state index is -0.729. The van der Waals surface area contributed by atoms with Gasteiger partial charge in [-0.05, 0) is 25.0 Å². The van der Waals surface area contributed by atoms with Gasteiger partial charge in [-0.1, -0.05) is 31.5 Å². The maximum Gasteiger partial charge on any atom is 0.152 e. The number of hydrogen-bond donors (Lipinski definition) is 2. The Morgan fingerprint density at radius 2 is 2.21 bits per heavy atom. The Labute approximate surface area is 118 Å². The monoisotopic (exact) mass is 281 g/mol. The molecule has 0 aromatic carbocycles. The van der Waals surface area contributed by atoms with Gasteiger partial charge in [-0.15, -0.1) is 0 Å². The molecule has 2 aromatic rings. The molecule has 0 aliphatic heterocycles. The normalized spacial score (nSPS) is 15.1. The highest BCUT2D eigenvalue weighted by Crippen LogP contribution is 2.18. The van der Waals surface area contributed by atoms with Gasteiger partial charge in [0.2, 0.25) is 0 Å². The molecule has 2 N–H and O–H groups in total. The highest BCUT2D eigenvalue weighted by molar-refractivity contribution is 6.30. The number of pyridine rings is 1. The molecule has 0 amide bonds. The molecule has 0 saturated carbocycles. The molecule has 0 aliphatic carbocycles. The van der Waals surface area contributed by atoms with Crippen molar-refractivity contribution in [2.75, 3.05) is 6.54 Å². The maximum absolute atomic E-state index is 10.2. The van der Waals surface area contributed by atoms with Gasteiger partial charge in [-0.25, -0.2) is 4.98 Å². The number of nitrogens with one attached hydrogen (secondary N) is 1. The standard InChI is InChI=1S/C14H20ClN3O/c1-10(2)14(3,19)9-16-8-11-13(15)17-12-6-4-5-7-18(11)12/h4-7,10,16,19H,8-9H2,1-3H3. The van der Waals surface area contributed by atoms with E-state index in [1.54, 1.807) is 0 Å². The lowest BCUT2D eigenvalue weighted by Gasteiger charge is -2.27. The first-order valence-electron chi connectivity index (χ1n) is 6.46. The van der Waals surface area contributed by atoms with Crippen LogP contribution in [0.5, 0.6) is 0 Å². The van der Waals surface area contributed by atoms with Crippen LogP contribution in [0.15, 0.2) is 24.4 Å². The largest absolute Gasteiger partial charge is 0.389 e. The summed E-state index contributed by atoms with van der Waals surface area (Å²) in [4.78, 5) is 4.29. The topological polar surface area (TPSA) is 49.6 Å². The molecule has 1 atom stereocenters. The van der Waals surface area contributed by atoms with E-state index in [0.717, 1.165) is 11.3 Å². The summed E-state index contributed by atoms with van der Waals surface area (Å²) in [6.45, 7) is 6.93. The van der Waals surface area contributed by atoms with Crippen LogP contribution in [0.3, 0.4) is 0 Å². The molecule has 0 saturated heterocycles. The molecule has 0 bridgehead atoms. The van der Waals surface area contributed by atoms with Crippen LogP contribution in [-0.4, -0.2) is 26.6 Å². The summed E-state index contributed by atoms with van der Waals surface area (Å²) in [5, 5.41) is 13.9. The second-order valence-electron chi connectivity index (χ2n) is 5.39. The molecular weight excluding hydrogens is 262 g/mol. The molecule has 0 spiro atoms. The second-order valence-corrected chi connectivity index (χ2v) is 5.75. The van der Waals surface area contributed by atoms with Gasteiger partial charge in [-0.2, -0.15) is 0 Å². The average Bonchev–Trinajstić information content (AvgIpc) is 2.65. The van der Waals surface area contributed by atoms with Gasteiger partial charge in [0.1, 0.15) is 5.65 Å². The van der Waals surface area contributed by atoms with E-state index in [1.807, 2.05) is 49.6 Å². The van der Waals surface area contributed by atoms with Crippen LogP contribution < -0.4 is 5.32 Å². The summed E-state index contributed by atoms with van der Waals surface area (Å²) in [5.74, 6) is 0.192. The third-order valence-corrected chi connectivity index (χ3v) is 3.90. The van der Waals surface area contributed by atoms with Crippen molar-refractivity contribution in [2.45, 2.75) is 32.9 Å². The summed E-state index contributed by atoms with van der Waals surface area (Å²) in [7, 11) is 0. The fourth-order valence-corrected chi connectivity index (χ4v) is 2.06. The number of fused-ring (bicyclic) bond motifs is 1. The summed E-state index contributed by atoms with van der Waals surface area (Å²) in [6, 6.07) is 5.79. The van der Waals surface area contributed by atoms with Crippen LogP contribution >= 0.6 is 11.6 Å². The zero-order valence-electron chi connectivity index (χ0n) is 11.5. The van der Waals surface area contributed by atoms with Gasteiger partial charge in [0, 0.05) is 19.3 Å². The molecule has 5 heteroatoms. The van der Waals surface area contributed by atoms with Crippen molar-refractivity contribution < 1.29 is 5.11 Å². The Kier molecular flexibility index (Phi) is 4.13. The lowest BCUT2D eigenvalue weighted by Crippen LogP contribution is -2.42. The van der Waals surface area contributed by atoms with E-state index in [4.69, 9.17) is 11.6 Å². The Morgan fingerprint density at radius 3 is 2.89 bits per heavy atom. The molecule has 2 rings (SSSR count). The SMILES string of the molecule is CC(C)C(C)(O)CNCc1c(Cl)nc2ccccn12. The lowest BCUT2D eigenvalue weighted by atomic mass is 9.92. The van der Waals surface area contributed by atoms with E-state index in [2.05, 4.69) is 10.3 Å². The Bertz CT molecular complexity index is 563. The van der Waals surface area contributed by atoms with Crippen LogP contribution in [0, 0.1) is 5.92 Å². The smallest absolute Gasteiger partial charge is 0.152 e. The summed E-state index contributed by atoms with van der Waals surface area (Å²) < 4.78 is 1.96. The third-order valence-electron chi connectivity index (χ3n) is 3.60. The Balaban J connectivity index is 2.08. The van der Waals surface area contributed by atoms with Gasteiger partial charge in [0.05, 0.1) is 11.3 Å². The van der Waals surface area contributed by atoms with Crippen LogP contribution in [-0.2, 0) is 6.54 Å². The van der Waals surface area contributed by atoms with Crippen molar-refractivity contribution in [1.82, 2.24) is 14.7 Å². The molecule has 19 heavy (non-hydrogen) atoms. The number of aliphatic hydroxyl groups is 1. The number of rotatable bonds is 5. The molecule has 0 radical (unpaired) electrons. The van der Waals surface area contributed by atoms with E-state index in [-0.39, 0.29) is 5.92 Å². The van der Waals surface area contributed by atoms with Crippen molar-refractivity contribution in [1.29, 1.82) is 0 Å². The van der Waals surface area contributed by atoms with Gasteiger partial charge < -0.3 is 14.8 Å². The fraction of sp³-hybridized carbons (Fsp3) is 0.500. The Hall–Kier alpha value is -1.10. The van der Waals surface area contributed by atoms with Crippen LogP contribution in [0.25, 0.3) is 5.65 Å². The third kappa shape index (κ3) is 3.08. The number of aromatic nitrogens is 2. The number of hydrogen-bond acceptors (Lipinski definition) is 3. The zero-order chi connectivity index (χ0) is 14.0. The van der Waals surface area contributed by atoms with Crippen molar-refractivity contribution >= 4 is 17.2 Å². The Morgan fingerprint density at radius 1 is 1.47 bits per heavy atom. The van der Waals surface area contributed by atoms with Crippen molar-refractivity contribution in [3.05, 3.63) is 35.2 Å². The summed E-state index contributed by atoms with van der Waals surface area (Å²) in [5.41, 5.74) is 1.02. The van der Waals surface area contributed by atoms with E-state index >= 15 is 0 Å². The molecule has 0 aliphatic rings. The molecule has 104 valence electrons. The summed E-state index contributed by atoms with van der Waals surface area (Å²) in [6.07, 6.45) is 1.94. The lowest BCUT2D eigenvalue weighted by molar-refractivity contribution is 0.0139. The van der Waals surface area contributed by atoms with Crippen molar-refractivity contribution in [3.8, 4) is 0 Å². The van der Waals surface area contributed by atoms with E-state index in [0.29, 0.717) is 18.2 Å². The molecular formula is C14H20ClN3O. The van der Waals surface area contributed by atoms with Crippen LogP contribution in [0.4, 0.5) is 0 Å². The number of halogens is 1. The van der Waals surface area contributed by atoms with Gasteiger partial charge >= 0.3 is 0 Å². The number of imidazole rings is 1. The zero-order valence-corrected chi connectivity index (χ0v) is 12.3. The first kappa shape index (κ1) is 14.3. The molecule has 4 nitrogen and oxygen atoms in total. The van der Waals surface area contributed by atoms with Gasteiger partial charge in [-0.3, -0.25) is 0 Å². The molecule has 0 fully saturated rings.